The van der Waals surface area contributed by atoms with Crippen molar-refractivity contribution in [1.29, 1.82) is 0 Å². The van der Waals surface area contributed by atoms with Crippen molar-refractivity contribution in [1.82, 2.24) is 9.38 Å². The number of aryl methyl sites for hydroxylation is 1. The van der Waals surface area contributed by atoms with Gasteiger partial charge in [-0.05, 0) is 30.6 Å². The Labute approximate surface area is 116 Å². The second-order valence-electron chi connectivity index (χ2n) is 6.36. The van der Waals surface area contributed by atoms with Crippen LogP contribution in [0.15, 0.2) is 6.20 Å². The Kier molecular flexibility index (Phi) is 2.71. The molecule has 0 fully saturated rings. The molecule has 0 spiro atoms. The van der Waals surface area contributed by atoms with Gasteiger partial charge in [0.05, 0.1) is 0 Å². The zero-order valence-corrected chi connectivity index (χ0v) is 12.3. The van der Waals surface area contributed by atoms with E-state index < -0.39 is 5.97 Å². The van der Waals surface area contributed by atoms with Gasteiger partial charge in [0, 0.05) is 16.8 Å². The average Bonchev–Trinajstić information content (AvgIpc) is 2.83. The first-order valence-electron chi connectivity index (χ1n) is 6.59. The number of aromatic nitrogens is 2. The zero-order valence-electron chi connectivity index (χ0n) is 11.4. The number of carboxylic acid groups (broad SMARTS) is 1. The summed E-state index contributed by atoms with van der Waals surface area (Å²) < 4.78 is 1.97. The lowest BCUT2D eigenvalue weighted by molar-refractivity contribution is 0.0691. The number of carbonyl (C=O) groups is 1. The van der Waals surface area contributed by atoms with Gasteiger partial charge in [0.15, 0.2) is 10.7 Å². The normalized spacial score (nSPS) is 19.6. The van der Waals surface area contributed by atoms with Crippen molar-refractivity contribution >= 4 is 22.3 Å². The molecular formula is C14H18N2O2S. The van der Waals surface area contributed by atoms with Crippen molar-refractivity contribution in [2.75, 3.05) is 0 Å². The van der Waals surface area contributed by atoms with E-state index in [0.29, 0.717) is 11.3 Å². The summed E-state index contributed by atoms with van der Waals surface area (Å²) in [5, 5.41) is 8.99. The Bertz CT molecular complexity index is 648. The van der Waals surface area contributed by atoms with E-state index in [0.717, 1.165) is 17.8 Å². The van der Waals surface area contributed by atoms with E-state index in [-0.39, 0.29) is 5.69 Å². The van der Waals surface area contributed by atoms with Crippen molar-refractivity contribution in [2.45, 2.75) is 40.0 Å². The highest BCUT2D eigenvalue weighted by molar-refractivity contribution is 7.17. The molecule has 1 N–H and O–H groups in total. The number of nitrogens with zero attached hydrogens (tertiary/aromatic N) is 2. The van der Waals surface area contributed by atoms with Gasteiger partial charge in [0.2, 0.25) is 0 Å². The minimum Gasteiger partial charge on any atom is -0.476 e. The number of hydrogen-bond donors (Lipinski definition) is 1. The molecule has 2 aromatic rings. The minimum absolute atomic E-state index is 0.145. The summed E-state index contributed by atoms with van der Waals surface area (Å²) in [7, 11) is 0. The summed E-state index contributed by atoms with van der Waals surface area (Å²) in [6.45, 7) is 6.89. The van der Waals surface area contributed by atoms with E-state index in [1.807, 2.05) is 4.40 Å². The standard InChI is InChI=1S/C14H18N2O2S/c1-14(2,3)8-4-5-10-11(6-8)19-13-15-9(12(17)18)7-16(10)13/h7-8H,4-6H2,1-3H3,(H,17,18). The first-order valence-corrected chi connectivity index (χ1v) is 7.41. The van der Waals surface area contributed by atoms with Crippen molar-refractivity contribution in [3.8, 4) is 0 Å². The monoisotopic (exact) mass is 278 g/mol. The number of rotatable bonds is 1. The molecule has 0 aliphatic heterocycles. The lowest BCUT2D eigenvalue weighted by atomic mass is 9.73. The first-order chi connectivity index (χ1) is 8.86. The lowest BCUT2D eigenvalue weighted by Crippen LogP contribution is -2.26. The van der Waals surface area contributed by atoms with Gasteiger partial charge < -0.3 is 5.11 Å². The van der Waals surface area contributed by atoms with Crippen LogP contribution in [0.1, 0.15) is 48.3 Å². The summed E-state index contributed by atoms with van der Waals surface area (Å²) in [5.41, 5.74) is 1.74. The molecule has 4 nitrogen and oxygen atoms in total. The van der Waals surface area contributed by atoms with Crippen LogP contribution in [-0.4, -0.2) is 20.5 Å². The van der Waals surface area contributed by atoms with Crippen molar-refractivity contribution in [3.05, 3.63) is 22.5 Å². The Morgan fingerprint density at radius 3 is 2.89 bits per heavy atom. The largest absolute Gasteiger partial charge is 0.476 e. The SMILES string of the molecule is CC(C)(C)C1CCc2c(sc3nc(C(=O)O)cn23)C1. The fourth-order valence-electron chi connectivity index (χ4n) is 2.83. The van der Waals surface area contributed by atoms with Crippen LogP contribution in [0.25, 0.3) is 4.96 Å². The van der Waals surface area contributed by atoms with E-state index >= 15 is 0 Å². The molecule has 0 saturated carbocycles. The van der Waals surface area contributed by atoms with Crippen LogP contribution in [0, 0.1) is 11.3 Å². The van der Waals surface area contributed by atoms with Gasteiger partial charge in [-0.3, -0.25) is 4.40 Å². The molecule has 102 valence electrons. The van der Waals surface area contributed by atoms with Crippen LogP contribution in [0.4, 0.5) is 0 Å². The molecule has 0 amide bonds. The second kappa shape index (κ2) is 4.07. The maximum atomic E-state index is 10.9. The Hall–Kier alpha value is -1.36. The summed E-state index contributed by atoms with van der Waals surface area (Å²) in [5.74, 6) is -0.254. The molecule has 0 bridgehead atoms. The molecule has 5 heteroatoms. The number of hydrogen-bond acceptors (Lipinski definition) is 3. The maximum absolute atomic E-state index is 10.9. The molecule has 0 saturated heterocycles. The van der Waals surface area contributed by atoms with E-state index in [9.17, 15) is 4.79 Å². The molecule has 0 radical (unpaired) electrons. The van der Waals surface area contributed by atoms with E-state index in [4.69, 9.17) is 5.11 Å². The minimum atomic E-state index is -0.951. The molecule has 1 unspecified atom stereocenters. The van der Waals surface area contributed by atoms with Gasteiger partial charge in [-0.15, -0.1) is 11.3 Å². The highest BCUT2D eigenvalue weighted by atomic mass is 32.1. The van der Waals surface area contributed by atoms with Crippen molar-refractivity contribution in [3.63, 3.8) is 0 Å². The molecule has 2 aromatic heterocycles. The average molecular weight is 278 g/mol. The number of carboxylic acids is 1. The van der Waals surface area contributed by atoms with Gasteiger partial charge in [-0.1, -0.05) is 20.8 Å². The number of imidazole rings is 1. The molecule has 1 atom stereocenters. The fraction of sp³-hybridized carbons (Fsp3) is 0.571. The van der Waals surface area contributed by atoms with Crippen LogP contribution in [0.5, 0.6) is 0 Å². The van der Waals surface area contributed by atoms with Gasteiger partial charge in [-0.2, -0.15) is 0 Å². The summed E-state index contributed by atoms with van der Waals surface area (Å²) in [4.78, 5) is 17.3. The number of aromatic carboxylic acids is 1. The van der Waals surface area contributed by atoms with E-state index in [1.165, 1.54) is 17.0 Å². The number of thiazole rings is 1. The van der Waals surface area contributed by atoms with Gasteiger partial charge in [-0.25, -0.2) is 9.78 Å². The third kappa shape index (κ3) is 2.06. The summed E-state index contributed by atoms with van der Waals surface area (Å²) in [6, 6.07) is 0. The van der Waals surface area contributed by atoms with E-state index in [1.54, 1.807) is 17.5 Å². The molecule has 1 aliphatic rings. The summed E-state index contributed by atoms with van der Waals surface area (Å²) in [6.07, 6.45) is 4.94. The lowest BCUT2D eigenvalue weighted by Gasteiger charge is -2.33. The van der Waals surface area contributed by atoms with Gasteiger partial charge >= 0.3 is 5.97 Å². The van der Waals surface area contributed by atoms with Crippen LogP contribution in [0.3, 0.4) is 0 Å². The van der Waals surface area contributed by atoms with Crippen LogP contribution in [-0.2, 0) is 12.8 Å². The predicted octanol–water partition coefficient (Wildman–Crippen LogP) is 3.25. The maximum Gasteiger partial charge on any atom is 0.356 e. The van der Waals surface area contributed by atoms with Crippen LogP contribution >= 0.6 is 11.3 Å². The topological polar surface area (TPSA) is 54.6 Å². The van der Waals surface area contributed by atoms with Crippen LogP contribution in [0.2, 0.25) is 0 Å². The third-order valence-corrected chi connectivity index (χ3v) is 5.23. The smallest absolute Gasteiger partial charge is 0.356 e. The molecule has 2 heterocycles. The highest BCUT2D eigenvalue weighted by Gasteiger charge is 2.31. The molecule has 1 aliphatic carbocycles. The predicted molar refractivity (Wildman–Crippen MR) is 75.0 cm³/mol. The fourth-order valence-corrected chi connectivity index (χ4v) is 4.06. The van der Waals surface area contributed by atoms with Crippen LogP contribution < -0.4 is 0 Å². The zero-order chi connectivity index (χ0) is 13.8. The quantitative estimate of drug-likeness (QED) is 0.871. The van der Waals surface area contributed by atoms with Gasteiger partial charge in [0.1, 0.15) is 0 Å². The Morgan fingerprint density at radius 1 is 1.53 bits per heavy atom. The molecular weight excluding hydrogens is 260 g/mol. The molecule has 19 heavy (non-hydrogen) atoms. The van der Waals surface area contributed by atoms with E-state index in [2.05, 4.69) is 25.8 Å². The third-order valence-electron chi connectivity index (χ3n) is 4.11. The van der Waals surface area contributed by atoms with Crippen molar-refractivity contribution in [2.24, 2.45) is 11.3 Å². The van der Waals surface area contributed by atoms with Crippen molar-refractivity contribution < 1.29 is 9.90 Å². The second-order valence-corrected chi connectivity index (χ2v) is 7.42. The summed E-state index contributed by atoms with van der Waals surface area (Å²) >= 11 is 1.65. The number of fused-ring (bicyclic) bond motifs is 3. The Morgan fingerprint density at radius 2 is 2.26 bits per heavy atom. The molecule has 3 rings (SSSR count). The van der Waals surface area contributed by atoms with Gasteiger partial charge in [0.25, 0.3) is 0 Å². The first kappa shape index (κ1) is 12.7. The Balaban J connectivity index is 2.00. The molecule has 0 aromatic carbocycles. The highest BCUT2D eigenvalue weighted by Crippen LogP contribution is 2.40.